The van der Waals surface area contributed by atoms with Crippen molar-refractivity contribution in [1.29, 1.82) is 0 Å². The average molecular weight is 238 g/mol. The molecule has 0 unspecified atom stereocenters. The minimum absolute atomic E-state index is 0.207. The molecule has 2 nitrogen and oxygen atoms in total. The third-order valence-electron chi connectivity index (χ3n) is 2.81. The maximum atomic E-state index is 10.9. The zero-order valence-corrected chi connectivity index (χ0v) is 9.97. The van der Waals surface area contributed by atoms with Gasteiger partial charge in [0.05, 0.1) is 0 Å². The van der Waals surface area contributed by atoms with E-state index in [1.807, 2.05) is 54.6 Å². The summed E-state index contributed by atoms with van der Waals surface area (Å²) >= 11 is 0. The van der Waals surface area contributed by atoms with Gasteiger partial charge in [-0.25, -0.2) is 4.79 Å². The minimum Gasteiger partial charge on any atom is -0.478 e. The lowest BCUT2D eigenvalue weighted by molar-refractivity contribution is -0.132. The lowest BCUT2D eigenvalue weighted by Crippen LogP contribution is -2.03. The first-order valence-corrected chi connectivity index (χ1v) is 5.73. The summed E-state index contributed by atoms with van der Waals surface area (Å²) in [7, 11) is 0. The number of carboxylic acid groups (broad SMARTS) is 1. The summed E-state index contributed by atoms with van der Waals surface area (Å²) in [5.41, 5.74) is 3.33. The molecule has 0 aliphatic heterocycles. The Morgan fingerprint density at radius 1 is 1.00 bits per heavy atom. The van der Waals surface area contributed by atoms with E-state index in [0.717, 1.165) is 16.7 Å². The Morgan fingerprint density at radius 3 is 2.28 bits per heavy atom. The first-order chi connectivity index (χ1) is 8.68. The molecular formula is C16H14O2. The summed E-state index contributed by atoms with van der Waals surface area (Å²) in [5.74, 6) is -0.946. The second-order valence-electron chi connectivity index (χ2n) is 4.11. The fourth-order valence-corrected chi connectivity index (χ4v) is 1.88. The summed E-state index contributed by atoms with van der Waals surface area (Å²) in [6.45, 7) is 3.58. The molecule has 2 heteroatoms. The molecule has 18 heavy (non-hydrogen) atoms. The van der Waals surface area contributed by atoms with Crippen LogP contribution in [0.1, 0.15) is 5.56 Å². The zero-order chi connectivity index (χ0) is 13.0. The molecule has 0 spiro atoms. The summed E-state index contributed by atoms with van der Waals surface area (Å²) in [6.07, 6.45) is 0.362. The van der Waals surface area contributed by atoms with E-state index in [9.17, 15) is 4.79 Å². The molecule has 0 aliphatic rings. The van der Waals surface area contributed by atoms with Gasteiger partial charge in [-0.15, -0.1) is 0 Å². The molecule has 0 radical (unpaired) electrons. The number of hydrogen-bond acceptors (Lipinski definition) is 1. The Hall–Kier alpha value is -2.35. The summed E-state index contributed by atoms with van der Waals surface area (Å²) < 4.78 is 0. The van der Waals surface area contributed by atoms with E-state index >= 15 is 0 Å². The lowest BCUT2D eigenvalue weighted by Gasteiger charge is -2.09. The van der Waals surface area contributed by atoms with Gasteiger partial charge in [0.1, 0.15) is 0 Å². The minimum atomic E-state index is -0.946. The third kappa shape index (κ3) is 2.66. The molecule has 0 fully saturated rings. The fourth-order valence-electron chi connectivity index (χ4n) is 1.88. The molecule has 2 aromatic rings. The molecule has 0 saturated carbocycles. The summed E-state index contributed by atoms with van der Waals surface area (Å²) in [4.78, 5) is 10.9. The predicted molar refractivity (Wildman–Crippen MR) is 72.4 cm³/mol. The van der Waals surface area contributed by atoms with Crippen LogP contribution in [-0.4, -0.2) is 11.1 Å². The van der Waals surface area contributed by atoms with Crippen LogP contribution >= 0.6 is 0 Å². The van der Waals surface area contributed by atoms with Crippen LogP contribution in [0.15, 0.2) is 66.7 Å². The number of carboxylic acids is 1. The van der Waals surface area contributed by atoms with Crippen molar-refractivity contribution in [1.82, 2.24) is 0 Å². The lowest BCUT2D eigenvalue weighted by atomic mass is 9.95. The van der Waals surface area contributed by atoms with Crippen molar-refractivity contribution < 1.29 is 9.90 Å². The highest BCUT2D eigenvalue weighted by molar-refractivity contribution is 5.87. The van der Waals surface area contributed by atoms with Gasteiger partial charge in [-0.1, -0.05) is 61.2 Å². The number of carbonyl (C=O) groups is 1. The van der Waals surface area contributed by atoms with Crippen LogP contribution in [0.2, 0.25) is 0 Å². The number of rotatable bonds is 4. The molecule has 0 atom stereocenters. The third-order valence-corrected chi connectivity index (χ3v) is 2.81. The Kier molecular flexibility index (Phi) is 3.58. The van der Waals surface area contributed by atoms with Crippen LogP contribution in [0, 0.1) is 0 Å². The number of aliphatic carboxylic acids is 1. The van der Waals surface area contributed by atoms with Gasteiger partial charge in [-0.2, -0.15) is 0 Å². The van der Waals surface area contributed by atoms with Crippen molar-refractivity contribution in [3.8, 4) is 11.1 Å². The largest absolute Gasteiger partial charge is 0.478 e. The second-order valence-corrected chi connectivity index (χ2v) is 4.11. The normalized spacial score (nSPS) is 10.0. The maximum Gasteiger partial charge on any atom is 0.331 e. The van der Waals surface area contributed by atoms with Crippen molar-refractivity contribution in [3.63, 3.8) is 0 Å². The van der Waals surface area contributed by atoms with E-state index < -0.39 is 5.97 Å². The van der Waals surface area contributed by atoms with Crippen molar-refractivity contribution in [2.45, 2.75) is 6.42 Å². The molecular weight excluding hydrogens is 224 g/mol. The summed E-state index contributed by atoms with van der Waals surface area (Å²) in [5, 5.41) is 8.91. The van der Waals surface area contributed by atoms with Gasteiger partial charge in [-0.3, -0.25) is 0 Å². The average Bonchev–Trinajstić information content (AvgIpc) is 2.40. The van der Waals surface area contributed by atoms with E-state index in [2.05, 4.69) is 6.58 Å². The van der Waals surface area contributed by atoms with Crippen LogP contribution in [0.25, 0.3) is 11.1 Å². The standard InChI is InChI=1S/C16H14O2/c1-12(16(17)18)11-14-9-5-6-10-15(14)13-7-3-2-4-8-13/h2-10H,1,11H2,(H,17,18). The van der Waals surface area contributed by atoms with Gasteiger partial charge in [0.15, 0.2) is 0 Å². The number of benzene rings is 2. The number of hydrogen-bond donors (Lipinski definition) is 1. The first kappa shape index (κ1) is 12.1. The van der Waals surface area contributed by atoms with Crippen molar-refractivity contribution in [3.05, 3.63) is 72.3 Å². The molecule has 0 bridgehead atoms. The molecule has 0 aliphatic carbocycles. The second kappa shape index (κ2) is 5.32. The predicted octanol–water partition coefficient (Wildman–Crippen LogP) is 3.54. The van der Waals surface area contributed by atoms with Gasteiger partial charge in [0.25, 0.3) is 0 Å². The molecule has 1 N–H and O–H groups in total. The van der Waals surface area contributed by atoms with Gasteiger partial charge in [-0.05, 0) is 16.7 Å². The highest BCUT2D eigenvalue weighted by Gasteiger charge is 2.09. The quantitative estimate of drug-likeness (QED) is 0.827. The monoisotopic (exact) mass is 238 g/mol. The summed E-state index contributed by atoms with van der Waals surface area (Å²) in [6, 6.07) is 17.7. The van der Waals surface area contributed by atoms with Crippen LogP contribution in [-0.2, 0) is 11.2 Å². The van der Waals surface area contributed by atoms with E-state index in [-0.39, 0.29) is 5.57 Å². The molecule has 0 heterocycles. The van der Waals surface area contributed by atoms with E-state index in [1.165, 1.54) is 0 Å². The molecule has 2 rings (SSSR count). The molecule has 2 aromatic carbocycles. The van der Waals surface area contributed by atoms with Gasteiger partial charge >= 0.3 is 5.97 Å². The van der Waals surface area contributed by atoms with Crippen molar-refractivity contribution >= 4 is 5.97 Å². The van der Waals surface area contributed by atoms with E-state index in [1.54, 1.807) is 0 Å². The molecule has 0 saturated heterocycles. The Labute approximate surface area is 106 Å². The highest BCUT2D eigenvalue weighted by atomic mass is 16.4. The zero-order valence-electron chi connectivity index (χ0n) is 9.97. The Bertz CT molecular complexity index is 571. The van der Waals surface area contributed by atoms with Crippen LogP contribution in [0.3, 0.4) is 0 Å². The first-order valence-electron chi connectivity index (χ1n) is 5.73. The Morgan fingerprint density at radius 2 is 1.61 bits per heavy atom. The van der Waals surface area contributed by atoms with Crippen LogP contribution in [0.5, 0.6) is 0 Å². The van der Waals surface area contributed by atoms with Crippen molar-refractivity contribution in [2.24, 2.45) is 0 Å². The Balaban J connectivity index is 2.38. The van der Waals surface area contributed by atoms with Crippen molar-refractivity contribution in [2.75, 3.05) is 0 Å². The van der Waals surface area contributed by atoms with Gasteiger partial charge < -0.3 is 5.11 Å². The maximum absolute atomic E-state index is 10.9. The molecule has 90 valence electrons. The smallest absolute Gasteiger partial charge is 0.331 e. The van der Waals surface area contributed by atoms with Gasteiger partial charge in [0.2, 0.25) is 0 Å². The molecule has 0 aromatic heterocycles. The SMILES string of the molecule is C=C(Cc1ccccc1-c1ccccc1)C(=O)O. The fraction of sp³-hybridized carbons (Fsp3) is 0.0625. The van der Waals surface area contributed by atoms with Crippen LogP contribution in [0.4, 0.5) is 0 Å². The highest BCUT2D eigenvalue weighted by Crippen LogP contribution is 2.25. The topological polar surface area (TPSA) is 37.3 Å². The van der Waals surface area contributed by atoms with E-state index in [4.69, 9.17) is 5.11 Å². The molecule has 0 amide bonds. The van der Waals surface area contributed by atoms with Crippen LogP contribution < -0.4 is 0 Å². The van der Waals surface area contributed by atoms with Gasteiger partial charge in [0, 0.05) is 12.0 Å². The van der Waals surface area contributed by atoms with E-state index in [0.29, 0.717) is 6.42 Å².